The van der Waals surface area contributed by atoms with Gasteiger partial charge in [-0.05, 0) is 112 Å². The molecule has 2 aliphatic carbocycles. The minimum Gasteiger partial charge on any atom is -0.432 e. The van der Waals surface area contributed by atoms with Crippen LogP contribution in [0.1, 0.15) is 67.3 Å². The van der Waals surface area contributed by atoms with Gasteiger partial charge in [0.05, 0.1) is 27.5 Å². The molecule has 2 aliphatic heterocycles. The number of carbonyl (C=O) groups excluding carboxylic acids is 1. The molecular formula is C46H45ClF3N7O6S. The Balaban J connectivity index is 0.929. The summed E-state index contributed by atoms with van der Waals surface area (Å²) in [7, 11) is -3.81. The van der Waals surface area contributed by atoms with Gasteiger partial charge in [-0.25, -0.2) is 18.4 Å². The van der Waals surface area contributed by atoms with E-state index >= 15 is 0 Å². The minimum absolute atomic E-state index is 0.0989. The summed E-state index contributed by atoms with van der Waals surface area (Å²) in [5.74, 6) is -0.961. The van der Waals surface area contributed by atoms with Crippen molar-refractivity contribution < 1.29 is 40.6 Å². The lowest BCUT2D eigenvalue weighted by Gasteiger charge is -2.25. The first-order valence-corrected chi connectivity index (χ1v) is 23.2. The van der Waals surface area contributed by atoms with Crippen LogP contribution in [0.5, 0.6) is 5.75 Å². The van der Waals surface area contributed by atoms with Crippen LogP contribution in [0, 0.1) is 12.8 Å². The summed E-state index contributed by atoms with van der Waals surface area (Å²) < 4.78 is 80.1. The first kappa shape index (κ1) is 42.6. The molecule has 3 aromatic heterocycles. The predicted octanol–water partition coefficient (Wildman–Crippen LogP) is 8.58. The number of halogens is 4. The fraction of sp³-hybridized carbons (Fsp3) is 0.391. The maximum atomic E-state index is 14.1. The van der Waals surface area contributed by atoms with E-state index in [1.807, 2.05) is 48.4 Å². The van der Waals surface area contributed by atoms with Gasteiger partial charge in [0.1, 0.15) is 11.0 Å². The third-order valence-corrected chi connectivity index (χ3v) is 15.9. The van der Waals surface area contributed by atoms with E-state index in [2.05, 4.69) is 26.0 Å². The van der Waals surface area contributed by atoms with E-state index in [-0.39, 0.29) is 42.1 Å². The second-order valence-corrected chi connectivity index (χ2v) is 20.2. The van der Waals surface area contributed by atoms with E-state index in [4.69, 9.17) is 30.7 Å². The number of likely N-dealkylation sites (tertiary alicyclic amines) is 2. The van der Waals surface area contributed by atoms with Crippen LogP contribution in [0.4, 0.5) is 24.7 Å². The highest BCUT2D eigenvalue weighted by Crippen LogP contribution is 2.49. The Labute approximate surface area is 372 Å². The van der Waals surface area contributed by atoms with Crippen molar-refractivity contribution in [3.8, 4) is 28.3 Å². The van der Waals surface area contributed by atoms with Crippen LogP contribution in [0.2, 0.25) is 5.02 Å². The number of sulfonamides is 1. The molecule has 13 nitrogen and oxygen atoms in total. The summed E-state index contributed by atoms with van der Waals surface area (Å²) >= 11 is 7.14. The van der Waals surface area contributed by atoms with Crippen LogP contribution in [-0.2, 0) is 27.8 Å². The Morgan fingerprint density at radius 2 is 1.81 bits per heavy atom. The number of β-amino-alcohol motifs (C(OH)–C–C–N with tert-alkyl or cyclic N) is 1. The van der Waals surface area contributed by atoms with Gasteiger partial charge in [-0.2, -0.15) is 0 Å². The molecule has 1 amide bonds. The zero-order chi connectivity index (χ0) is 44.7. The first-order valence-electron chi connectivity index (χ1n) is 21.4. The van der Waals surface area contributed by atoms with Crippen molar-refractivity contribution in [2.45, 2.75) is 82.2 Å². The number of oxazole rings is 1. The highest BCUT2D eigenvalue weighted by molar-refractivity contribution is 7.91. The molecule has 3 fully saturated rings. The van der Waals surface area contributed by atoms with Crippen LogP contribution in [0.25, 0.3) is 44.6 Å². The molecule has 3 N–H and O–H groups in total. The van der Waals surface area contributed by atoms with Crippen molar-refractivity contribution in [2.75, 3.05) is 31.5 Å². The lowest BCUT2D eigenvalue weighted by molar-refractivity contribution is -0.274. The van der Waals surface area contributed by atoms with Gasteiger partial charge in [0.15, 0.2) is 17.2 Å². The van der Waals surface area contributed by atoms with Crippen molar-refractivity contribution in [2.24, 2.45) is 5.92 Å². The summed E-state index contributed by atoms with van der Waals surface area (Å²) in [6.07, 6.45) is 1.11. The predicted molar refractivity (Wildman–Crippen MR) is 235 cm³/mol. The number of carbonyl (C=O) groups is 1. The van der Waals surface area contributed by atoms with Crippen molar-refractivity contribution in [1.82, 2.24) is 29.5 Å². The van der Waals surface area contributed by atoms with E-state index in [0.29, 0.717) is 89.6 Å². The van der Waals surface area contributed by atoms with Gasteiger partial charge in [0, 0.05) is 66.7 Å². The number of rotatable bonds is 11. The molecule has 1 saturated carbocycles. The van der Waals surface area contributed by atoms with E-state index in [9.17, 15) is 31.5 Å². The summed E-state index contributed by atoms with van der Waals surface area (Å²) in [6.45, 7) is 6.36. The molecule has 0 bridgehead atoms. The topological polar surface area (TPSA) is 163 Å². The van der Waals surface area contributed by atoms with Gasteiger partial charge < -0.3 is 19.6 Å². The maximum absolute atomic E-state index is 14.1. The van der Waals surface area contributed by atoms with Crippen molar-refractivity contribution >= 4 is 61.0 Å². The Morgan fingerprint density at radius 3 is 2.58 bits per heavy atom. The number of aliphatic hydroxyl groups is 1. The highest BCUT2D eigenvalue weighted by atomic mass is 35.5. The summed E-state index contributed by atoms with van der Waals surface area (Å²) in [5.41, 5.74) is 5.99. The number of anilines is 2. The SMILES string of the molecule is Cc1c(-c2nc3cc4c(c(OC(F)(F)F)c3o2)CC[C@H]4N2CC[C@@H](C(=O)NS(=O)(=O)C3(C)CC3)C2)cccc1-c1cccc(Nc2nccc3cc(CN4CC[C@@H](O)C4)cnc23)c1Cl. The Kier molecular flexibility index (Phi) is 10.6. The minimum atomic E-state index is -5.02. The molecule has 0 spiro atoms. The average molecular weight is 916 g/mol. The molecule has 2 saturated heterocycles. The number of pyridine rings is 2. The smallest absolute Gasteiger partial charge is 0.432 e. The molecule has 10 rings (SSSR count). The Hall–Kier alpha value is -5.33. The van der Waals surface area contributed by atoms with E-state index < -0.39 is 38.7 Å². The molecule has 334 valence electrons. The molecular weight excluding hydrogens is 871 g/mol. The van der Waals surface area contributed by atoms with Gasteiger partial charge in [0.2, 0.25) is 21.8 Å². The van der Waals surface area contributed by atoms with Crippen LogP contribution in [0.15, 0.2) is 71.4 Å². The Morgan fingerprint density at radius 1 is 1.03 bits per heavy atom. The molecule has 3 atom stereocenters. The average Bonchev–Trinajstić information content (AvgIpc) is 3.71. The van der Waals surface area contributed by atoms with E-state index in [1.54, 1.807) is 31.3 Å². The fourth-order valence-corrected chi connectivity index (χ4v) is 11.1. The molecule has 0 unspecified atom stereocenters. The molecule has 4 aliphatic rings. The standard InChI is InChI=1S/C46H45ClF3N7O6S/c1-25-30(32-7-4-8-35(38(32)47)53-42-39-27(11-16-51-42)19-26(21-52-39)22-56-17-13-29(58)24-56)5-3-6-31(25)44-54-36-20-34-33(40(41(36)62-44)63-46(48,49)50)9-10-37(34)57-18-12-28(23-57)43(59)55-64(60,61)45(2)14-15-45/h3-8,11,16,19-21,28-29,37,58H,9-10,12-15,17-18,22-24H2,1-2H3,(H,51,53)(H,55,59)/t28-,29-,37-/m1/s1. The van der Waals surface area contributed by atoms with Gasteiger partial charge in [0.25, 0.3) is 0 Å². The van der Waals surface area contributed by atoms with Gasteiger partial charge in [-0.3, -0.25) is 24.3 Å². The number of alkyl halides is 3. The van der Waals surface area contributed by atoms with E-state index in [1.165, 1.54) is 0 Å². The number of ether oxygens (including phenoxy) is 1. The highest BCUT2D eigenvalue weighted by Gasteiger charge is 2.51. The molecule has 6 aromatic rings. The molecule has 18 heteroatoms. The van der Waals surface area contributed by atoms with Gasteiger partial charge in [-0.15, -0.1) is 13.2 Å². The number of aliphatic hydroxyl groups excluding tert-OH is 1. The normalized spacial score (nSPS) is 21.1. The number of fused-ring (bicyclic) bond motifs is 3. The van der Waals surface area contributed by atoms with Crippen LogP contribution >= 0.6 is 11.6 Å². The number of aromatic nitrogens is 3. The Bertz CT molecular complexity index is 2960. The third kappa shape index (κ3) is 7.95. The monoisotopic (exact) mass is 915 g/mol. The third-order valence-electron chi connectivity index (χ3n) is 13.3. The lowest BCUT2D eigenvalue weighted by Crippen LogP contribution is -2.42. The number of amides is 1. The number of nitrogens with zero attached hydrogens (tertiary/aromatic N) is 5. The number of nitrogens with one attached hydrogen (secondary N) is 2. The molecule has 5 heterocycles. The van der Waals surface area contributed by atoms with Crippen molar-refractivity contribution in [3.05, 3.63) is 94.3 Å². The van der Waals surface area contributed by atoms with Crippen molar-refractivity contribution in [1.29, 1.82) is 0 Å². The summed E-state index contributed by atoms with van der Waals surface area (Å²) in [6, 6.07) is 16.4. The van der Waals surface area contributed by atoms with Gasteiger partial charge >= 0.3 is 6.36 Å². The lowest BCUT2D eigenvalue weighted by atomic mass is 9.96. The van der Waals surface area contributed by atoms with Crippen LogP contribution < -0.4 is 14.8 Å². The quantitative estimate of drug-likeness (QED) is 0.114. The molecule has 64 heavy (non-hydrogen) atoms. The van der Waals surface area contributed by atoms with Crippen LogP contribution in [-0.4, -0.2) is 87.6 Å². The van der Waals surface area contributed by atoms with Crippen molar-refractivity contribution in [3.63, 3.8) is 0 Å². The fourth-order valence-electron chi connectivity index (χ4n) is 9.49. The maximum Gasteiger partial charge on any atom is 0.573 e. The number of hydrogen-bond donors (Lipinski definition) is 3. The second-order valence-electron chi connectivity index (χ2n) is 17.7. The zero-order valence-corrected chi connectivity index (χ0v) is 36.6. The first-order chi connectivity index (χ1) is 30.5. The van der Waals surface area contributed by atoms with Gasteiger partial charge in [-0.1, -0.05) is 35.9 Å². The zero-order valence-electron chi connectivity index (χ0n) is 35.0. The van der Waals surface area contributed by atoms with E-state index in [0.717, 1.165) is 35.0 Å². The molecule has 0 radical (unpaired) electrons. The molecule has 3 aromatic carbocycles. The summed E-state index contributed by atoms with van der Waals surface area (Å²) in [5, 5.41) is 14.6. The summed E-state index contributed by atoms with van der Waals surface area (Å²) in [4.78, 5) is 31.4. The number of hydrogen-bond acceptors (Lipinski definition) is 12. The largest absolute Gasteiger partial charge is 0.573 e. The van der Waals surface area contributed by atoms with Crippen LogP contribution in [0.3, 0.4) is 0 Å². The number of benzene rings is 3. The second kappa shape index (κ2) is 16.0.